The number of nitrogens with zero attached hydrogens (tertiary/aromatic N) is 18. The Morgan fingerprint density at radius 2 is 0.816 bits per heavy atom. The first-order valence-corrected chi connectivity index (χ1v) is 36.4. The first kappa shape index (κ1) is 55.3. The molecule has 0 aliphatic carbocycles. The van der Waals surface area contributed by atoms with Crippen LogP contribution in [0.3, 0.4) is 0 Å². The lowest BCUT2D eigenvalue weighted by atomic mass is 10.2. The minimum Gasteiger partial charge on any atom is -0.413 e. The number of hydrogen-bond acceptors (Lipinski definition) is 17. The largest absolute Gasteiger partial charge is 0.413 e. The lowest BCUT2D eigenvalue weighted by Gasteiger charge is -2.00. The van der Waals surface area contributed by atoms with Gasteiger partial charge in [0.15, 0.2) is 22.8 Å². The second kappa shape index (κ2) is 22.5. The number of thiophene rings is 1. The highest BCUT2D eigenvalue weighted by atomic mass is 32.1. The van der Waals surface area contributed by atoms with Crippen molar-refractivity contribution in [3.05, 3.63) is 243 Å². The van der Waals surface area contributed by atoms with Gasteiger partial charge >= 0.3 is 22.7 Å². The number of aromatic nitrogens is 18. The van der Waals surface area contributed by atoms with E-state index in [0.717, 1.165) is 87.6 Å². The molecule has 25 heterocycles. The first-order valence-electron chi connectivity index (χ1n) is 34.6. The molecule has 20 aromatic heterocycles. The van der Waals surface area contributed by atoms with E-state index >= 15 is 0 Å². The maximum Gasteiger partial charge on any atom is 0.393 e. The Labute approximate surface area is 601 Å². The molecule has 25 heteroatoms. The molecular formula is C78H51N18O3S4+5. The predicted octanol–water partition coefficient (Wildman–Crippen LogP) is 14.0. The van der Waals surface area contributed by atoms with Gasteiger partial charge < -0.3 is 13.3 Å². The molecule has 0 fully saturated rings. The molecule has 103 heavy (non-hydrogen) atoms. The van der Waals surface area contributed by atoms with E-state index in [-0.39, 0.29) is 0 Å². The van der Waals surface area contributed by atoms with E-state index in [9.17, 15) is 0 Å². The van der Waals surface area contributed by atoms with Crippen molar-refractivity contribution >= 4 is 152 Å². The van der Waals surface area contributed by atoms with Crippen molar-refractivity contribution in [1.82, 2.24) is 63.5 Å². The molecule has 0 atom stereocenters. The Hall–Kier alpha value is -12.6. The lowest BCUT2D eigenvalue weighted by Crippen LogP contribution is -2.32. The number of benzene rings is 1. The fraction of sp³-hybridized carbons (Fsp3) is 0.0897. The van der Waals surface area contributed by atoms with Crippen LogP contribution in [0.15, 0.2) is 228 Å². The quantitative estimate of drug-likeness (QED) is 0.141. The van der Waals surface area contributed by atoms with Gasteiger partial charge in [0.05, 0.1) is 67.5 Å². The zero-order chi connectivity index (χ0) is 70.2. The number of pyridine rings is 10. The number of hydrogen-bond donors (Lipinski definition) is 0. The maximum atomic E-state index is 7.92. The fourth-order valence-corrected chi connectivity index (χ4v) is 20.5. The third kappa shape index (κ3) is 8.64. The molecule has 490 valence electrons. The molecule has 21 nitrogen and oxygen atoms in total. The van der Waals surface area contributed by atoms with E-state index in [2.05, 4.69) is 145 Å². The van der Waals surface area contributed by atoms with E-state index in [1.807, 2.05) is 156 Å². The summed E-state index contributed by atoms with van der Waals surface area (Å²) in [5.74, 6) is 1.53. The summed E-state index contributed by atoms with van der Waals surface area (Å²) < 4.78 is 64.1. The van der Waals surface area contributed by atoms with Gasteiger partial charge in [0.2, 0.25) is 11.2 Å². The lowest BCUT2D eigenvalue weighted by molar-refractivity contribution is -0.652. The minimum atomic E-state index is -2.31. The molecule has 1 aromatic carbocycles. The molecule has 5 aliphatic heterocycles. The second-order valence-electron chi connectivity index (χ2n) is 25.5. The summed E-state index contributed by atoms with van der Waals surface area (Å²) >= 11 is 7.31. The van der Waals surface area contributed by atoms with Crippen LogP contribution in [0.1, 0.15) is 31.9 Å². The fourth-order valence-electron chi connectivity index (χ4n) is 15.3. The zero-order valence-corrected chi connectivity index (χ0v) is 57.4. The molecule has 0 unspecified atom stereocenters. The minimum absolute atomic E-state index is 0.550. The summed E-state index contributed by atoms with van der Waals surface area (Å²) in [5, 5.41) is 9.16. The molecular weight excluding hydrogens is 1370 g/mol. The van der Waals surface area contributed by atoms with Crippen molar-refractivity contribution in [2.24, 2.45) is 14.0 Å². The number of fused-ring (bicyclic) bond motifs is 35. The number of rotatable bonds is 1. The Balaban J connectivity index is 0.0000000830. The highest BCUT2D eigenvalue weighted by Crippen LogP contribution is 2.45. The van der Waals surface area contributed by atoms with Crippen LogP contribution >= 0.6 is 45.3 Å². The van der Waals surface area contributed by atoms with Gasteiger partial charge in [-0.25, -0.2) is 13.7 Å². The molecule has 26 rings (SSSR count). The smallest absolute Gasteiger partial charge is 0.393 e. The highest BCUT2D eigenvalue weighted by Gasteiger charge is 2.40. The molecule has 0 saturated carbocycles. The molecule has 5 aliphatic rings. The summed E-state index contributed by atoms with van der Waals surface area (Å²) in [5.41, 5.74) is 22.4. The van der Waals surface area contributed by atoms with Crippen LogP contribution in [0.5, 0.6) is 0 Å². The Kier molecular flexibility index (Phi) is 12.1. The summed E-state index contributed by atoms with van der Waals surface area (Å²) in [6.45, 7) is 1.81. The number of thiazole rings is 3. The van der Waals surface area contributed by atoms with Crippen LogP contribution in [-0.2, 0) is 46.7 Å². The highest BCUT2D eigenvalue weighted by molar-refractivity contribution is 7.32. The van der Waals surface area contributed by atoms with Crippen LogP contribution in [0.2, 0.25) is 0 Å². The van der Waals surface area contributed by atoms with Crippen LogP contribution in [-0.4, -0.2) is 63.5 Å². The monoisotopic (exact) mass is 1420 g/mol. The number of aryl methyl sites for hydroxylation is 2. The van der Waals surface area contributed by atoms with Gasteiger partial charge in [-0.3, -0.25) is 49.8 Å². The molecule has 0 saturated heterocycles. The van der Waals surface area contributed by atoms with E-state index in [1.165, 1.54) is 110 Å². The average molecular weight is 1420 g/mol. The normalized spacial score (nSPS) is 13.5. The summed E-state index contributed by atoms with van der Waals surface area (Å²) in [7, 11) is 2.06. The van der Waals surface area contributed by atoms with Crippen LogP contribution in [0, 0.1) is 0 Å². The van der Waals surface area contributed by atoms with Crippen molar-refractivity contribution in [3.63, 3.8) is 0 Å². The molecule has 21 aromatic rings. The molecule has 0 bridgehead atoms. The predicted molar refractivity (Wildman–Crippen MR) is 394 cm³/mol. The van der Waals surface area contributed by atoms with Gasteiger partial charge in [-0.1, -0.05) is 63.5 Å². The van der Waals surface area contributed by atoms with E-state index in [1.54, 1.807) is 48.4 Å². The van der Waals surface area contributed by atoms with Crippen molar-refractivity contribution < 1.29 is 40.2 Å². The van der Waals surface area contributed by atoms with E-state index in [0.29, 0.717) is 34.6 Å². The SMILES string of the molecule is Cn1c2ccncc2c2oc3[n+](c21)Cc1ccncc1-3.[2H]C([2H])([2H])n1c2ccncc2c2oc3[n+](c21)Cc1ccncc1-3.c1cc2c(cn1)-c1sc3c4cnccc4oc3[n+]1C2.c1cc2c(cn1)-c1sc3c4cnccc4sc3[n+]1C2.c1ccc(-n2c3ccncc3c3sc4[n+](c32)Cc2ccncc2-4)cc1. The number of para-hydroxylation sites is 1. The van der Waals surface area contributed by atoms with Crippen molar-refractivity contribution in [2.75, 3.05) is 0 Å². The molecule has 0 spiro atoms. The average Bonchev–Trinajstić information content (AvgIpc) is 1.57. The van der Waals surface area contributed by atoms with Gasteiger partial charge in [-0.05, 0) is 48.5 Å². The van der Waals surface area contributed by atoms with E-state index < -0.39 is 6.98 Å². The Morgan fingerprint density at radius 3 is 1.44 bits per heavy atom. The van der Waals surface area contributed by atoms with Gasteiger partial charge in [0, 0.05) is 186 Å². The molecule has 0 N–H and O–H groups in total. The number of oxazole rings is 2. The van der Waals surface area contributed by atoms with Crippen molar-refractivity contribution in [2.45, 2.75) is 32.7 Å². The van der Waals surface area contributed by atoms with Gasteiger partial charge in [0.1, 0.15) is 56.9 Å². The summed E-state index contributed by atoms with van der Waals surface area (Å²) in [6.07, 6.45) is 36.9. The van der Waals surface area contributed by atoms with Gasteiger partial charge in [0.25, 0.3) is 26.6 Å². The van der Waals surface area contributed by atoms with Gasteiger partial charge in [-0.2, -0.15) is 18.3 Å². The topological polar surface area (TPSA) is 203 Å². The third-order valence-electron chi connectivity index (χ3n) is 20.0. The number of furan rings is 1. The second-order valence-corrected chi connectivity index (χ2v) is 29.6. The van der Waals surface area contributed by atoms with Crippen LogP contribution < -0.4 is 22.8 Å². The van der Waals surface area contributed by atoms with Crippen molar-refractivity contribution in [3.8, 4) is 60.3 Å². The zero-order valence-electron chi connectivity index (χ0n) is 57.2. The standard InChI is InChI=1S/C20H13N4S.2C15H11N4O.C14H8N3OS.C14H8N3S2/c1-2-4-14(5-3-1)24-17-7-9-22-11-16(17)18-19(24)23-12-13-6-8-21-10-15(13)20(23)25-18;2*1-18-12-3-5-17-7-11(12)13-14(18)19-8-9-2-4-16-6-10(9)15(19)20-13;1-3-15-5-9-8(1)7-17-13-12(19-14(9)17)10-6-16-4-2-11(10)18-13;1-3-15-5-9-8(1)7-17-13(9)19-12-10-6-16-4-2-11(10)18-14(12)17/h1-11H,12H2;2*2-7H,8H2,1H3;2*1-6H,7H2/q5*+1/i;1D3;;;. The van der Waals surface area contributed by atoms with Crippen LogP contribution in [0.4, 0.5) is 0 Å². The molecule has 0 amide bonds. The maximum absolute atomic E-state index is 7.92. The molecule has 0 radical (unpaired) electrons. The van der Waals surface area contributed by atoms with E-state index in [4.69, 9.17) is 17.4 Å². The van der Waals surface area contributed by atoms with Crippen molar-refractivity contribution in [1.29, 1.82) is 0 Å². The Bertz CT molecular complexity index is 7100. The first-order chi connectivity index (χ1) is 52.1. The summed E-state index contributed by atoms with van der Waals surface area (Å²) in [6, 6.07) is 30.7. The van der Waals surface area contributed by atoms with Gasteiger partial charge in [-0.15, -0.1) is 4.57 Å². The summed E-state index contributed by atoms with van der Waals surface area (Å²) in [4.78, 5) is 43.6. The Morgan fingerprint density at radius 1 is 0.369 bits per heavy atom. The van der Waals surface area contributed by atoms with Crippen LogP contribution in [0.25, 0.3) is 167 Å². The third-order valence-corrected chi connectivity index (χ3v) is 25.1.